The molecule has 3 heteroatoms. The first-order chi connectivity index (χ1) is 21.3. The quantitative estimate of drug-likeness (QED) is 0.160. The molecular weight excluding hydrogens is 522 g/mol. The van der Waals surface area contributed by atoms with Crippen LogP contribution in [0.15, 0.2) is 140 Å². The summed E-state index contributed by atoms with van der Waals surface area (Å²) in [7, 11) is 0. The van der Waals surface area contributed by atoms with Crippen LogP contribution in [-0.4, -0.2) is 9.55 Å². The lowest BCUT2D eigenvalue weighted by molar-refractivity contribution is 1.18. The highest BCUT2D eigenvalue weighted by atomic mass is 15.0. The minimum absolute atomic E-state index is 0.651. The molecule has 0 amide bonds. The van der Waals surface area contributed by atoms with Gasteiger partial charge in [0.05, 0.1) is 33.7 Å². The topological polar surface area (TPSA) is 41.6 Å². The Labute approximate surface area is 247 Å². The number of fused-ring (bicyclic) bond motifs is 9. The van der Waals surface area contributed by atoms with Crippen molar-refractivity contribution in [3.63, 3.8) is 0 Å². The van der Waals surface area contributed by atoms with Gasteiger partial charge in [-0.15, -0.1) is 0 Å². The van der Waals surface area contributed by atoms with E-state index in [4.69, 9.17) is 4.98 Å². The van der Waals surface area contributed by atoms with Gasteiger partial charge in [-0.25, -0.2) is 4.98 Å². The molecule has 43 heavy (non-hydrogen) atoms. The molecule has 0 aliphatic rings. The molecule has 0 saturated carbocycles. The van der Waals surface area contributed by atoms with Crippen molar-refractivity contribution in [3.05, 3.63) is 145 Å². The van der Waals surface area contributed by atoms with Crippen molar-refractivity contribution >= 4 is 65.2 Å². The minimum Gasteiger partial charge on any atom is -0.309 e. The van der Waals surface area contributed by atoms with E-state index in [0.29, 0.717) is 5.56 Å². The van der Waals surface area contributed by atoms with Crippen molar-refractivity contribution in [2.24, 2.45) is 0 Å². The number of aromatic nitrogens is 2. The second-order valence-corrected chi connectivity index (χ2v) is 11.1. The van der Waals surface area contributed by atoms with Crippen molar-refractivity contribution in [2.75, 3.05) is 0 Å². The van der Waals surface area contributed by atoms with Gasteiger partial charge >= 0.3 is 0 Å². The van der Waals surface area contributed by atoms with E-state index in [-0.39, 0.29) is 0 Å². The van der Waals surface area contributed by atoms with Crippen LogP contribution in [-0.2, 0) is 0 Å². The fraction of sp³-hybridized carbons (Fsp3) is 0. The largest absolute Gasteiger partial charge is 0.309 e. The van der Waals surface area contributed by atoms with E-state index < -0.39 is 0 Å². The normalized spacial score (nSPS) is 11.7. The highest BCUT2D eigenvalue weighted by Gasteiger charge is 2.18. The van der Waals surface area contributed by atoms with Gasteiger partial charge in [-0.1, -0.05) is 109 Å². The van der Waals surface area contributed by atoms with Gasteiger partial charge in [-0.05, 0) is 46.7 Å². The van der Waals surface area contributed by atoms with E-state index in [9.17, 15) is 5.26 Å². The average molecular weight is 546 g/mol. The summed E-state index contributed by atoms with van der Waals surface area (Å²) in [6.07, 6.45) is 0. The highest BCUT2D eigenvalue weighted by Crippen LogP contribution is 2.42. The van der Waals surface area contributed by atoms with E-state index in [1.807, 2.05) is 18.2 Å². The van der Waals surface area contributed by atoms with Gasteiger partial charge in [-0.3, -0.25) is 0 Å². The van der Waals surface area contributed by atoms with Crippen LogP contribution in [0.1, 0.15) is 5.56 Å². The lowest BCUT2D eigenvalue weighted by atomic mass is 9.92. The SMILES string of the molecule is N#Cc1ccc2c3ccc(-c4c5ccc6ccccc6c5nc5c4ccc4ccccc45)cc3n(-c3ccccc3)c2c1. The van der Waals surface area contributed by atoms with Crippen LogP contribution < -0.4 is 0 Å². The fourth-order valence-corrected chi connectivity index (χ4v) is 6.82. The highest BCUT2D eigenvalue weighted by molar-refractivity contribution is 6.22. The Balaban J connectivity index is 1.45. The molecule has 0 radical (unpaired) electrons. The molecule has 2 aromatic heterocycles. The lowest BCUT2D eigenvalue weighted by Gasteiger charge is -2.15. The first-order valence-corrected chi connectivity index (χ1v) is 14.5. The number of hydrogen-bond acceptors (Lipinski definition) is 2. The summed E-state index contributed by atoms with van der Waals surface area (Å²) in [5.74, 6) is 0. The molecule has 3 nitrogen and oxygen atoms in total. The van der Waals surface area contributed by atoms with E-state index in [1.54, 1.807) is 0 Å². The Hall–Kier alpha value is -5.98. The van der Waals surface area contributed by atoms with Crippen molar-refractivity contribution in [1.82, 2.24) is 9.55 Å². The number of para-hydroxylation sites is 1. The van der Waals surface area contributed by atoms with Crippen LogP contribution in [0.3, 0.4) is 0 Å². The molecule has 0 unspecified atom stereocenters. The average Bonchev–Trinajstić information content (AvgIpc) is 3.40. The molecule has 0 atom stereocenters. The fourth-order valence-electron chi connectivity index (χ4n) is 6.82. The Morgan fingerprint density at radius 2 is 1.05 bits per heavy atom. The van der Waals surface area contributed by atoms with Gasteiger partial charge in [0, 0.05) is 43.6 Å². The van der Waals surface area contributed by atoms with Crippen LogP contribution in [0.4, 0.5) is 0 Å². The van der Waals surface area contributed by atoms with Gasteiger partial charge in [0.15, 0.2) is 0 Å². The maximum Gasteiger partial charge on any atom is 0.0992 e. The summed E-state index contributed by atoms with van der Waals surface area (Å²) in [4.78, 5) is 5.37. The first kappa shape index (κ1) is 23.7. The Kier molecular flexibility index (Phi) is 4.97. The molecule has 9 rings (SSSR count). The van der Waals surface area contributed by atoms with Crippen molar-refractivity contribution in [3.8, 4) is 22.9 Å². The van der Waals surface area contributed by atoms with Crippen LogP contribution in [0.2, 0.25) is 0 Å². The molecule has 0 fully saturated rings. The summed E-state index contributed by atoms with van der Waals surface area (Å²) < 4.78 is 2.28. The van der Waals surface area contributed by atoms with Gasteiger partial charge < -0.3 is 4.57 Å². The maximum atomic E-state index is 9.71. The second-order valence-electron chi connectivity index (χ2n) is 11.1. The molecule has 0 spiro atoms. The number of pyridine rings is 1. The molecule has 0 bridgehead atoms. The number of rotatable bonds is 2. The molecule has 0 saturated heterocycles. The summed E-state index contributed by atoms with van der Waals surface area (Å²) in [5, 5.41) is 18.9. The maximum absolute atomic E-state index is 9.71. The predicted octanol–water partition coefficient (Wildman–Crippen LogP) is 10.3. The van der Waals surface area contributed by atoms with Crippen LogP contribution in [0, 0.1) is 11.3 Å². The molecule has 198 valence electrons. The first-order valence-electron chi connectivity index (χ1n) is 14.5. The molecule has 7 aromatic carbocycles. The summed E-state index contributed by atoms with van der Waals surface area (Å²) in [5.41, 5.74) is 8.19. The molecule has 0 aliphatic heterocycles. The lowest BCUT2D eigenvalue weighted by Crippen LogP contribution is -1.95. The third kappa shape index (κ3) is 3.44. The standard InChI is InChI=1S/C40H23N3/c41-24-25-14-18-32-33-19-17-28(23-37(33)43(36(32)22-25)29-10-2-1-3-11-29)38-34-20-15-26-8-4-6-12-30(26)39(34)42-40-31-13-7-5-9-27(31)16-21-35(38)40/h1-23H. The monoisotopic (exact) mass is 545 g/mol. The van der Waals surface area contributed by atoms with E-state index in [1.165, 1.54) is 16.3 Å². The minimum atomic E-state index is 0.651. The molecule has 2 heterocycles. The van der Waals surface area contributed by atoms with Crippen molar-refractivity contribution in [2.45, 2.75) is 0 Å². The van der Waals surface area contributed by atoms with Gasteiger partial charge in [0.25, 0.3) is 0 Å². The molecule has 9 aromatic rings. The summed E-state index contributed by atoms with van der Waals surface area (Å²) in [6.45, 7) is 0. The number of nitrogens with zero attached hydrogens (tertiary/aromatic N) is 3. The Morgan fingerprint density at radius 1 is 0.488 bits per heavy atom. The second kappa shape index (κ2) is 9.01. The molecular formula is C40H23N3. The summed E-state index contributed by atoms with van der Waals surface area (Å²) in [6, 6.07) is 51.4. The molecule has 0 aliphatic carbocycles. The third-order valence-electron chi connectivity index (χ3n) is 8.76. The zero-order chi connectivity index (χ0) is 28.5. The molecule has 0 N–H and O–H groups in total. The van der Waals surface area contributed by atoms with Crippen LogP contribution in [0.5, 0.6) is 0 Å². The van der Waals surface area contributed by atoms with Gasteiger partial charge in [-0.2, -0.15) is 5.26 Å². The van der Waals surface area contributed by atoms with Crippen molar-refractivity contribution < 1.29 is 0 Å². The van der Waals surface area contributed by atoms with E-state index in [2.05, 4.69) is 132 Å². The third-order valence-corrected chi connectivity index (χ3v) is 8.76. The van der Waals surface area contributed by atoms with Gasteiger partial charge in [0.2, 0.25) is 0 Å². The van der Waals surface area contributed by atoms with Crippen LogP contribution in [0.25, 0.3) is 82.0 Å². The predicted molar refractivity (Wildman–Crippen MR) is 179 cm³/mol. The summed E-state index contributed by atoms with van der Waals surface area (Å²) >= 11 is 0. The van der Waals surface area contributed by atoms with Gasteiger partial charge in [0.1, 0.15) is 0 Å². The van der Waals surface area contributed by atoms with E-state index >= 15 is 0 Å². The zero-order valence-corrected chi connectivity index (χ0v) is 23.1. The zero-order valence-electron chi connectivity index (χ0n) is 23.1. The van der Waals surface area contributed by atoms with E-state index in [0.717, 1.165) is 65.6 Å². The van der Waals surface area contributed by atoms with Crippen molar-refractivity contribution in [1.29, 1.82) is 5.26 Å². The van der Waals surface area contributed by atoms with Crippen LogP contribution >= 0.6 is 0 Å². The number of hydrogen-bond donors (Lipinski definition) is 0. The smallest absolute Gasteiger partial charge is 0.0992 e. The number of nitriles is 1. The number of benzene rings is 7. The Morgan fingerprint density at radius 3 is 1.70 bits per heavy atom. The Bertz CT molecular complexity index is 2530.